The third-order valence-electron chi connectivity index (χ3n) is 4.55. The van der Waals surface area contributed by atoms with Crippen LogP contribution in [0.3, 0.4) is 0 Å². The Hall–Kier alpha value is -0.120. The summed E-state index contributed by atoms with van der Waals surface area (Å²) in [6, 6.07) is 0.626. The van der Waals surface area contributed by atoms with Crippen LogP contribution in [0.15, 0.2) is 0 Å². The van der Waals surface area contributed by atoms with Gasteiger partial charge in [0.2, 0.25) is 0 Å². The zero-order valence-electron chi connectivity index (χ0n) is 11.1. The Morgan fingerprint density at radius 1 is 1.24 bits per heavy atom. The third kappa shape index (κ3) is 3.67. The quantitative estimate of drug-likeness (QED) is 0.792. The van der Waals surface area contributed by atoms with Crippen molar-refractivity contribution in [3.63, 3.8) is 0 Å². The van der Waals surface area contributed by atoms with Gasteiger partial charge < -0.3 is 15.2 Å². The lowest BCUT2D eigenvalue weighted by Crippen LogP contribution is -2.50. The molecule has 0 radical (unpaired) electrons. The summed E-state index contributed by atoms with van der Waals surface area (Å²) in [6.07, 6.45) is 8.19. The first-order chi connectivity index (χ1) is 8.23. The number of nitrogens with one attached hydrogen (secondary N) is 1. The molecule has 100 valence electrons. The molecule has 1 aliphatic heterocycles. The van der Waals surface area contributed by atoms with Crippen LogP contribution in [0.1, 0.15) is 51.9 Å². The Bertz CT molecular complexity index is 226. The molecule has 0 aromatic rings. The van der Waals surface area contributed by atoms with Gasteiger partial charge in [-0.1, -0.05) is 26.2 Å². The highest BCUT2D eigenvalue weighted by atomic mass is 16.5. The van der Waals surface area contributed by atoms with E-state index in [4.69, 9.17) is 4.74 Å². The highest BCUT2D eigenvalue weighted by Gasteiger charge is 2.32. The minimum atomic E-state index is -0.520. The molecule has 1 saturated heterocycles. The van der Waals surface area contributed by atoms with Crippen molar-refractivity contribution in [2.75, 3.05) is 19.8 Å². The molecular formula is C14H27NO2. The summed E-state index contributed by atoms with van der Waals surface area (Å²) in [5, 5.41) is 14.0. The van der Waals surface area contributed by atoms with Crippen LogP contribution < -0.4 is 5.32 Å². The van der Waals surface area contributed by atoms with Crippen LogP contribution in [0.4, 0.5) is 0 Å². The molecule has 3 heteroatoms. The maximum absolute atomic E-state index is 10.4. The molecule has 2 unspecified atom stereocenters. The first kappa shape index (κ1) is 13.3. The van der Waals surface area contributed by atoms with Gasteiger partial charge in [0.25, 0.3) is 0 Å². The highest BCUT2D eigenvalue weighted by molar-refractivity contribution is 4.87. The molecule has 2 rings (SSSR count). The van der Waals surface area contributed by atoms with Crippen molar-refractivity contribution in [2.24, 2.45) is 5.92 Å². The summed E-state index contributed by atoms with van der Waals surface area (Å²) in [4.78, 5) is 0. The second-order valence-electron chi connectivity index (χ2n) is 5.78. The van der Waals surface area contributed by atoms with E-state index in [0.717, 1.165) is 25.3 Å². The average molecular weight is 241 g/mol. The van der Waals surface area contributed by atoms with E-state index in [1.807, 2.05) is 0 Å². The first-order valence-corrected chi connectivity index (χ1v) is 7.27. The fourth-order valence-electron chi connectivity index (χ4n) is 3.21. The normalized spacial score (nSPS) is 33.5. The molecule has 3 nitrogen and oxygen atoms in total. The van der Waals surface area contributed by atoms with Crippen LogP contribution in [0.25, 0.3) is 0 Å². The van der Waals surface area contributed by atoms with Crippen molar-refractivity contribution in [3.05, 3.63) is 0 Å². The van der Waals surface area contributed by atoms with Crippen molar-refractivity contribution in [1.29, 1.82) is 0 Å². The predicted octanol–water partition coefficient (Wildman–Crippen LogP) is 2.09. The highest BCUT2D eigenvalue weighted by Crippen LogP contribution is 2.28. The number of rotatable bonds is 4. The van der Waals surface area contributed by atoms with Crippen molar-refractivity contribution < 1.29 is 9.84 Å². The molecule has 0 aromatic heterocycles. The summed E-state index contributed by atoms with van der Waals surface area (Å²) in [6.45, 7) is 4.45. The summed E-state index contributed by atoms with van der Waals surface area (Å²) >= 11 is 0. The van der Waals surface area contributed by atoms with Gasteiger partial charge in [0.05, 0.1) is 5.60 Å². The van der Waals surface area contributed by atoms with Gasteiger partial charge in [-0.05, 0) is 18.8 Å². The van der Waals surface area contributed by atoms with Gasteiger partial charge in [0.15, 0.2) is 0 Å². The lowest BCUT2D eigenvalue weighted by atomic mass is 9.82. The summed E-state index contributed by atoms with van der Waals surface area (Å²) in [5.74, 6) is 0.812. The van der Waals surface area contributed by atoms with E-state index in [2.05, 4.69) is 12.2 Å². The number of aliphatic hydroxyl groups is 1. The van der Waals surface area contributed by atoms with Gasteiger partial charge in [-0.2, -0.15) is 0 Å². The van der Waals surface area contributed by atoms with Gasteiger partial charge in [0, 0.05) is 38.6 Å². The standard InChI is InChI=1S/C14H27NO2/c1-2-12-5-3-4-6-13(12)15-11-14(16)7-9-17-10-8-14/h12-13,15-16H,2-11H2,1H3. The largest absolute Gasteiger partial charge is 0.388 e. The lowest BCUT2D eigenvalue weighted by Gasteiger charge is -2.37. The Morgan fingerprint density at radius 3 is 2.65 bits per heavy atom. The van der Waals surface area contributed by atoms with E-state index in [0.29, 0.717) is 19.3 Å². The molecule has 2 N–H and O–H groups in total. The fourth-order valence-corrected chi connectivity index (χ4v) is 3.21. The van der Waals surface area contributed by atoms with Gasteiger partial charge in [-0.3, -0.25) is 0 Å². The van der Waals surface area contributed by atoms with E-state index in [9.17, 15) is 5.11 Å². The van der Waals surface area contributed by atoms with E-state index >= 15 is 0 Å². The number of hydrogen-bond donors (Lipinski definition) is 2. The Balaban J connectivity index is 1.79. The van der Waals surface area contributed by atoms with E-state index in [-0.39, 0.29) is 0 Å². The molecule has 17 heavy (non-hydrogen) atoms. The zero-order valence-corrected chi connectivity index (χ0v) is 11.1. The van der Waals surface area contributed by atoms with Gasteiger partial charge in [-0.15, -0.1) is 0 Å². The van der Waals surface area contributed by atoms with Gasteiger partial charge in [0.1, 0.15) is 0 Å². The smallest absolute Gasteiger partial charge is 0.0815 e. The van der Waals surface area contributed by atoms with Crippen molar-refractivity contribution >= 4 is 0 Å². The maximum Gasteiger partial charge on any atom is 0.0815 e. The molecule has 0 aromatic carbocycles. The second-order valence-corrected chi connectivity index (χ2v) is 5.78. The monoisotopic (exact) mass is 241 g/mol. The Labute approximate surface area is 105 Å². The van der Waals surface area contributed by atoms with Crippen LogP contribution in [-0.2, 0) is 4.74 Å². The van der Waals surface area contributed by atoms with Crippen LogP contribution in [0.2, 0.25) is 0 Å². The predicted molar refractivity (Wildman–Crippen MR) is 69.0 cm³/mol. The number of ether oxygens (including phenoxy) is 1. The van der Waals surface area contributed by atoms with Crippen molar-refractivity contribution in [2.45, 2.75) is 63.5 Å². The van der Waals surface area contributed by atoms with Crippen molar-refractivity contribution in [3.8, 4) is 0 Å². The van der Waals surface area contributed by atoms with E-state index in [1.165, 1.54) is 32.1 Å². The molecule has 2 atom stereocenters. The zero-order chi connectivity index (χ0) is 12.1. The minimum Gasteiger partial charge on any atom is -0.388 e. The van der Waals surface area contributed by atoms with Gasteiger partial charge in [-0.25, -0.2) is 0 Å². The molecule has 0 bridgehead atoms. The Kier molecular flexibility index (Phi) is 4.83. The Morgan fingerprint density at radius 2 is 1.94 bits per heavy atom. The maximum atomic E-state index is 10.4. The van der Waals surface area contributed by atoms with Crippen LogP contribution >= 0.6 is 0 Å². The second kappa shape index (κ2) is 6.17. The van der Waals surface area contributed by atoms with E-state index < -0.39 is 5.60 Å². The summed E-state index contributed by atoms with van der Waals surface area (Å²) in [7, 11) is 0. The molecule has 0 amide bonds. The summed E-state index contributed by atoms with van der Waals surface area (Å²) in [5.41, 5.74) is -0.520. The molecular weight excluding hydrogens is 214 g/mol. The van der Waals surface area contributed by atoms with E-state index in [1.54, 1.807) is 0 Å². The van der Waals surface area contributed by atoms with Crippen LogP contribution in [0, 0.1) is 5.92 Å². The van der Waals surface area contributed by atoms with Crippen LogP contribution in [0.5, 0.6) is 0 Å². The number of hydrogen-bond acceptors (Lipinski definition) is 3. The lowest BCUT2D eigenvalue weighted by molar-refractivity contribution is -0.0640. The fraction of sp³-hybridized carbons (Fsp3) is 1.00. The molecule has 1 heterocycles. The molecule has 2 aliphatic rings. The third-order valence-corrected chi connectivity index (χ3v) is 4.55. The molecule has 0 spiro atoms. The molecule has 1 saturated carbocycles. The summed E-state index contributed by atoms with van der Waals surface area (Å²) < 4.78 is 5.31. The average Bonchev–Trinajstić information content (AvgIpc) is 2.38. The van der Waals surface area contributed by atoms with Gasteiger partial charge >= 0.3 is 0 Å². The van der Waals surface area contributed by atoms with Crippen molar-refractivity contribution in [1.82, 2.24) is 5.32 Å². The topological polar surface area (TPSA) is 41.5 Å². The first-order valence-electron chi connectivity index (χ1n) is 7.27. The minimum absolute atomic E-state index is 0.520. The molecule has 2 fully saturated rings. The molecule has 1 aliphatic carbocycles. The van der Waals surface area contributed by atoms with Crippen LogP contribution in [-0.4, -0.2) is 36.5 Å². The SMILES string of the molecule is CCC1CCCCC1NCC1(O)CCOCC1.